The Kier molecular flexibility index (Phi) is 8.68. The maximum absolute atomic E-state index is 13.2. The highest BCUT2D eigenvalue weighted by atomic mass is 35.5. The molecule has 25 heavy (non-hydrogen) atoms. The van der Waals surface area contributed by atoms with Crippen LogP contribution in [0.3, 0.4) is 0 Å². The number of ether oxygens (including phenoxy) is 3. The molecule has 1 amide bonds. The van der Waals surface area contributed by atoms with Gasteiger partial charge in [-0.05, 0) is 30.9 Å². The van der Waals surface area contributed by atoms with Crippen molar-refractivity contribution in [3.63, 3.8) is 0 Å². The van der Waals surface area contributed by atoms with Crippen LogP contribution >= 0.6 is 11.6 Å². The van der Waals surface area contributed by atoms with Gasteiger partial charge in [-0.3, -0.25) is 4.79 Å². The van der Waals surface area contributed by atoms with Crippen LogP contribution in [-0.2, 0) is 19.0 Å². The summed E-state index contributed by atoms with van der Waals surface area (Å²) >= 11 is 6.62. The number of hydrogen-bond donors (Lipinski definition) is 0. The van der Waals surface area contributed by atoms with E-state index in [0.29, 0.717) is 19.8 Å². The molecule has 1 aliphatic heterocycles. The van der Waals surface area contributed by atoms with Crippen LogP contribution in [0, 0.1) is 5.92 Å². The molecule has 0 aromatic heterocycles. The van der Waals surface area contributed by atoms with E-state index in [2.05, 4.69) is 6.92 Å². The average Bonchev–Trinajstić information content (AvgIpc) is 3.16. The Morgan fingerprint density at radius 2 is 2.12 bits per heavy atom. The summed E-state index contributed by atoms with van der Waals surface area (Å²) in [6.45, 7) is 3.91. The zero-order valence-corrected chi connectivity index (χ0v) is 15.8. The first-order chi connectivity index (χ1) is 12.2. The minimum Gasteiger partial charge on any atom is -0.385 e. The molecule has 2 rings (SSSR count). The lowest BCUT2D eigenvalue weighted by molar-refractivity contribution is -0.119. The number of benzene rings is 1. The van der Waals surface area contributed by atoms with E-state index in [1.807, 2.05) is 30.3 Å². The van der Waals surface area contributed by atoms with Crippen LogP contribution in [0.4, 0.5) is 5.69 Å². The van der Waals surface area contributed by atoms with Crippen LogP contribution in [0.1, 0.15) is 26.2 Å². The lowest BCUT2D eigenvalue weighted by Gasteiger charge is -2.30. The molecular formula is C19H28ClNO4. The third kappa shape index (κ3) is 5.96. The Hall–Kier alpha value is -1.14. The highest BCUT2D eigenvalue weighted by molar-refractivity contribution is 6.33. The third-order valence-corrected chi connectivity index (χ3v) is 4.96. The number of carbonyl (C=O) groups excluding carboxylic acids is 1. The molecular weight excluding hydrogens is 342 g/mol. The van der Waals surface area contributed by atoms with Gasteiger partial charge in [0.05, 0.1) is 13.2 Å². The van der Waals surface area contributed by atoms with Crippen molar-refractivity contribution in [1.29, 1.82) is 0 Å². The summed E-state index contributed by atoms with van der Waals surface area (Å²) in [6.07, 6.45) is 2.53. The van der Waals surface area contributed by atoms with Gasteiger partial charge >= 0.3 is 0 Å². The second-order valence-electron chi connectivity index (χ2n) is 6.29. The maximum Gasteiger partial charge on any atom is 0.245 e. The van der Waals surface area contributed by atoms with E-state index in [1.54, 1.807) is 12.0 Å². The van der Waals surface area contributed by atoms with Gasteiger partial charge in [-0.2, -0.15) is 0 Å². The Balaban J connectivity index is 2.14. The predicted octanol–water partition coefficient (Wildman–Crippen LogP) is 3.45. The number of para-hydroxylation sites is 1. The van der Waals surface area contributed by atoms with Crippen molar-refractivity contribution in [2.75, 3.05) is 38.6 Å². The molecule has 1 aromatic rings. The summed E-state index contributed by atoms with van der Waals surface area (Å²) in [5.74, 6) is 0.00370. The van der Waals surface area contributed by atoms with Gasteiger partial charge in [0, 0.05) is 19.4 Å². The first-order valence-corrected chi connectivity index (χ1v) is 9.29. The number of anilines is 1. The molecule has 0 radical (unpaired) electrons. The van der Waals surface area contributed by atoms with E-state index in [1.165, 1.54) is 0 Å². The van der Waals surface area contributed by atoms with Gasteiger partial charge in [-0.15, -0.1) is 11.6 Å². The molecule has 5 nitrogen and oxygen atoms in total. The van der Waals surface area contributed by atoms with Crippen molar-refractivity contribution in [3.8, 4) is 0 Å². The summed E-state index contributed by atoms with van der Waals surface area (Å²) in [7, 11) is 1.67. The largest absolute Gasteiger partial charge is 0.385 e. The molecule has 0 aliphatic carbocycles. The van der Waals surface area contributed by atoms with Gasteiger partial charge in [0.15, 0.2) is 0 Å². The van der Waals surface area contributed by atoms with Crippen LogP contribution in [0.2, 0.25) is 0 Å². The molecule has 3 atom stereocenters. The molecule has 1 aromatic carbocycles. The normalized spacial score (nSPS) is 19.6. The van der Waals surface area contributed by atoms with E-state index in [-0.39, 0.29) is 24.7 Å². The fourth-order valence-electron chi connectivity index (χ4n) is 3.04. The lowest BCUT2D eigenvalue weighted by Crippen LogP contribution is -2.44. The number of nitrogens with zero attached hydrogens (tertiary/aromatic N) is 1. The second-order valence-corrected chi connectivity index (χ2v) is 6.76. The van der Waals surface area contributed by atoms with Gasteiger partial charge in [0.1, 0.15) is 18.3 Å². The Morgan fingerprint density at radius 1 is 1.36 bits per heavy atom. The molecule has 3 unspecified atom stereocenters. The first-order valence-electron chi connectivity index (χ1n) is 8.86. The van der Waals surface area contributed by atoms with Crippen molar-refractivity contribution < 1.29 is 19.0 Å². The summed E-state index contributed by atoms with van der Waals surface area (Å²) in [5.41, 5.74) is 0.829. The fraction of sp³-hybridized carbons (Fsp3) is 0.632. The predicted molar refractivity (Wildman–Crippen MR) is 99.0 cm³/mol. The molecule has 0 bridgehead atoms. The molecule has 1 saturated heterocycles. The van der Waals surface area contributed by atoms with Crippen LogP contribution in [0.25, 0.3) is 0 Å². The monoisotopic (exact) mass is 369 g/mol. The van der Waals surface area contributed by atoms with Crippen LogP contribution < -0.4 is 4.90 Å². The van der Waals surface area contributed by atoms with Crippen molar-refractivity contribution in [1.82, 2.24) is 0 Å². The molecule has 1 heterocycles. The van der Waals surface area contributed by atoms with Gasteiger partial charge in [0.25, 0.3) is 0 Å². The number of hydrogen-bond acceptors (Lipinski definition) is 4. The van der Waals surface area contributed by atoms with E-state index in [4.69, 9.17) is 25.8 Å². The zero-order chi connectivity index (χ0) is 18.1. The van der Waals surface area contributed by atoms with Crippen molar-refractivity contribution in [2.24, 2.45) is 5.92 Å². The lowest BCUT2D eigenvalue weighted by atomic mass is 9.95. The fourth-order valence-corrected chi connectivity index (χ4v) is 3.41. The quantitative estimate of drug-likeness (QED) is 0.593. The molecule has 1 aliphatic rings. The number of alkyl halides is 1. The summed E-state index contributed by atoms with van der Waals surface area (Å²) in [6, 6.07) is 9.60. The molecule has 0 N–H and O–H groups in total. The SMILES string of the molecule is CCCC(CCOC)C(Cl)C(=O)N(CC1COCO1)c1ccccc1. The molecule has 0 saturated carbocycles. The Labute approximate surface area is 155 Å². The van der Waals surface area contributed by atoms with Gasteiger partial charge in [-0.1, -0.05) is 31.5 Å². The minimum atomic E-state index is -0.586. The van der Waals surface area contributed by atoms with Gasteiger partial charge in [-0.25, -0.2) is 0 Å². The summed E-state index contributed by atoms with van der Waals surface area (Å²) in [5, 5.41) is -0.586. The maximum atomic E-state index is 13.2. The van der Waals surface area contributed by atoms with Gasteiger partial charge in [0.2, 0.25) is 5.91 Å². The van der Waals surface area contributed by atoms with Crippen molar-refractivity contribution in [2.45, 2.75) is 37.7 Å². The topological polar surface area (TPSA) is 48.0 Å². The Bertz CT molecular complexity index is 507. The highest BCUT2D eigenvalue weighted by Gasteiger charge is 2.32. The van der Waals surface area contributed by atoms with E-state index >= 15 is 0 Å². The van der Waals surface area contributed by atoms with E-state index in [0.717, 1.165) is 24.9 Å². The van der Waals surface area contributed by atoms with Crippen LogP contribution in [0.15, 0.2) is 30.3 Å². The number of rotatable bonds is 10. The average molecular weight is 370 g/mol. The molecule has 140 valence electrons. The summed E-state index contributed by atoms with van der Waals surface area (Å²) < 4.78 is 16.0. The third-order valence-electron chi connectivity index (χ3n) is 4.41. The minimum absolute atomic E-state index is 0.0853. The number of carbonyl (C=O) groups is 1. The molecule has 6 heteroatoms. The molecule has 0 spiro atoms. The van der Waals surface area contributed by atoms with Crippen LogP contribution in [-0.4, -0.2) is 51.0 Å². The van der Waals surface area contributed by atoms with Crippen molar-refractivity contribution >= 4 is 23.2 Å². The van der Waals surface area contributed by atoms with Gasteiger partial charge < -0.3 is 19.1 Å². The number of methoxy groups -OCH3 is 1. The number of amides is 1. The van der Waals surface area contributed by atoms with E-state index < -0.39 is 5.38 Å². The second kappa shape index (κ2) is 10.8. The molecule has 1 fully saturated rings. The first kappa shape index (κ1) is 20.2. The Morgan fingerprint density at radius 3 is 2.72 bits per heavy atom. The summed E-state index contributed by atoms with van der Waals surface area (Å²) in [4.78, 5) is 14.9. The number of halogens is 1. The zero-order valence-electron chi connectivity index (χ0n) is 15.0. The standard InChI is InChI=1S/C19H28ClNO4/c1-3-7-15(10-11-23-2)18(20)19(22)21(12-17-13-24-14-25-17)16-8-5-4-6-9-16/h4-6,8-9,15,17-18H,3,7,10-14H2,1-2H3. The van der Waals surface area contributed by atoms with Crippen molar-refractivity contribution in [3.05, 3.63) is 30.3 Å². The van der Waals surface area contributed by atoms with E-state index in [9.17, 15) is 4.79 Å². The van der Waals surface area contributed by atoms with Crippen LogP contribution in [0.5, 0.6) is 0 Å². The highest BCUT2D eigenvalue weighted by Crippen LogP contribution is 2.26. The smallest absolute Gasteiger partial charge is 0.245 e.